The van der Waals surface area contributed by atoms with Crippen LogP contribution in [0.3, 0.4) is 0 Å². The van der Waals surface area contributed by atoms with Crippen LogP contribution in [0, 0.1) is 11.6 Å². The number of hydrogen-bond acceptors (Lipinski definition) is 5. The molecule has 2 rings (SSSR count). The van der Waals surface area contributed by atoms with Gasteiger partial charge in [0.2, 0.25) is 0 Å². The Balaban J connectivity index is 0.000000326. The third-order valence-corrected chi connectivity index (χ3v) is 3.76. The van der Waals surface area contributed by atoms with Crippen molar-refractivity contribution in [3.8, 4) is 0 Å². The lowest BCUT2D eigenvalue weighted by atomic mass is 10.2. The van der Waals surface area contributed by atoms with Gasteiger partial charge in [0.05, 0.1) is 21.4 Å². The van der Waals surface area contributed by atoms with Crippen LogP contribution in [-0.4, -0.2) is 24.3 Å². The van der Waals surface area contributed by atoms with Crippen LogP contribution in [0.25, 0.3) is 0 Å². The summed E-state index contributed by atoms with van der Waals surface area (Å²) in [5.41, 5.74) is 4.10. The molecular formula is C19H18Cl2F2N2O4. The average Bonchev–Trinajstić information content (AvgIpc) is 2.63. The molecule has 0 aromatic heterocycles. The number of nitrogens with one attached hydrogen (secondary N) is 1. The van der Waals surface area contributed by atoms with Gasteiger partial charge in [0, 0.05) is 11.1 Å². The van der Waals surface area contributed by atoms with Gasteiger partial charge < -0.3 is 10.5 Å². The Morgan fingerprint density at radius 1 is 1.00 bits per heavy atom. The predicted molar refractivity (Wildman–Crippen MR) is 108 cm³/mol. The number of rotatable bonds is 3. The van der Waals surface area contributed by atoms with Crippen LogP contribution >= 0.6 is 23.2 Å². The second-order valence-corrected chi connectivity index (χ2v) is 7.37. The summed E-state index contributed by atoms with van der Waals surface area (Å²) >= 11 is 10.9. The van der Waals surface area contributed by atoms with Crippen LogP contribution < -0.4 is 11.1 Å². The fourth-order valence-electron chi connectivity index (χ4n) is 1.88. The van der Waals surface area contributed by atoms with Gasteiger partial charge in [-0.05, 0) is 45.0 Å². The first kappa shape index (κ1) is 24.3. The van der Waals surface area contributed by atoms with Gasteiger partial charge in [-0.1, -0.05) is 23.2 Å². The summed E-state index contributed by atoms with van der Waals surface area (Å²) in [7, 11) is 0. The van der Waals surface area contributed by atoms with E-state index >= 15 is 0 Å². The van der Waals surface area contributed by atoms with Crippen molar-refractivity contribution in [1.82, 2.24) is 0 Å². The van der Waals surface area contributed by atoms with E-state index in [0.717, 1.165) is 0 Å². The second kappa shape index (κ2) is 10.2. The highest BCUT2D eigenvalue weighted by Gasteiger charge is 2.20. The zero-order chi connectivity index (χ0) is 22.4. The molecule has 156 valence electrons. The molecule has 0 radical (unpaired) electrons. The van der Waals surface area contributed by atoms with E-state index in [1.54, 1.807) is 20.8 Å². The van der Waals surface area contributed by atoms with Gasteiger partial charge in [-0.15, -0.1) is 0 Å². The summed E-state index contributed by atoms with van der Waals surface area (Å²) in [5.74, 6) is -1.61. The van der Waals surface area contributed by atoms with E-state index in [0.29, 0.717) is 12.6 Å². The van der Waals surface area contributed by atoms with Gasteiger partial charge in [0.15, 0.2) is 24.2 Å². The molecule has 0 aliphatic rings. The van der Waals surface area contributed by atoms with Gasteiger partial charge in [0.25, 0.3) is 0 Å². The first-order valence-electron chi connectivity index (χ1n) is 8.03. The number of ether oxygens (including phenoxy) is 1. The van der Waals surface area contributed by atoms with E-state index in [1.165, 1.54) is 24.3 Å². The summed E-state index contributed by atoms with van der Waals surface area (Å²) in [4.78, 5) is 32.5. The number of anilines is 2. The van der Waals surface area contributed by atoms with Crippen LogP contribution in [0.5, 0.6) is 0 Å². The maximum Gasteiger partial charge on any atom is 0.412 e. The lowest BCUT2D eigenvalue weighted by molar-refractivity contribution is 0.0635. The van der Waals surface area contributed by atoms with Gasteiger partial charge in [0.1, 0.15) is 5.60 Å². The molecule has 0 heterocycles. The maximum atomic E-state index is 13.7. The van der Waals surface area contributed by atoms with Crippen LogP contribution in [0.4, 0.5) is 25.0 Å². The zero-order valence-electron chi connectivity index (χ0n) is 15.7. The largest absolute Gasteiger partial charge is 0.444 e. The Kier molecular flexibility index (Phi) is 8.54. The number of carbonyl (C=O) groups excluding carboxylic acids is 3. The Hall–Kier alpha value is -2.71. The Morgan fingerprint density at radius 2 is 1.48 bits per heavy atom. The van der Waals surface area contributed by atoms with Crippen molar-refractivity contribution in [3.05, 3.63) is 57.1 Å². The van der Waals surface area contributed by atoms with Crippen LogP contribution in [0.15, 0.2) is 24.3 Å². The summed E-state index contributed by atoms with van der Waals surface area (Å²) in [5, 5.41) is 1.91. The summed E-state index contributed by atoms with van der Waals surface area (Å²) < 4.78 is 31.4. The lowest BCUT2D eigenvalue weighted by Gasteiger charge is -2.20. The molecule has 0 aliphatic carbocycles. The first-order chi connectivity index (χ1) is 13.4. The number of nitrogens with two attached hydrogens (primary N) is 1. The topological polar surface area (TPSA) is 98.5 Å². The molecule has 0 spiro atoms. The van der Waals surface area contributed by atoms with E-state index in [4.69, 9.17) is 33.7 Å². The van der Waals surface area contributed by atoms with E-state index in [1.807, 2.05) is 0 Å². The molecule has 0 saturated heterocycles. The van der Waals surface area contributed by atoms with Crippen molar-refractivity contribution in [1.29, 1.82) is 0 Å². The Labute approximate surface area is 175 Å². The fourth-order valence-corrected chi connectivity index (χ4v) is 2.20. The highest BCUT2D eigenvalue weighted by Crippen LogP contribution is 2.26. The van der Waals surface area contributed by atoms with Crippen molar-refractivity contribution in [2.45, 2.75) is 26.4 Å². The molecule has 0 fully saturated rings. The molecule has 0 saturated carbocycles. The molecule has 2 aromatic rings. The van der Waals surface area contributed by atoms with E-state index in [9.17, 15) is 23.2 Å². The van der Waals surface area contributed by atoms with Gasteiger partial charge >= 0.3 is 6.09 Å². The number of amides is 1. The van der Waals surface area contributed by atoms with Crippen molar-refractivity contribution in [2.75, 3.05) is 11.1 Å². The van der Waals surface area contributed by atoms with E-state index < -0.39 is 23.3 Å². The number of halogens is 4. The Morgan fingerprint density at radius 3 is 1.97 bits per heavy atom. The molecule has 10 heteroatoms. The number of aldehydes is 2. The highest BCUT2D eigenvalue weighted by atomic mass is 35.5. The molecule has 3 N–H and O–H groups in total. The van der Waals surface area contributed by atoms with Crippen molar-refractivity contribution < 1.29 is 27.9 Å². The van der Waals surface area contributed by atoms with Crippen molar-refractivity contribution >= 4 is 53.2 Å². The van der Waals surface area contributed by atoms with Crippen molar-refractivity contribution in [3.63, 3.8) is 0 Å². The normalized spacial score (nSPS) is 10.4. The fraction of sp³-hybridized carbons (Fsp3) is 0.211. The first-order valence-corrected chi connectivity index (χ1v) is 8.78. The summed E-state index contributed by atoms with van der Waals surface area (Å²) in [6, 6.07) is 5.21. The van der Waals surface area contributed by atoms with Crippen LogP contribution in [-0.2, 0) is 4.74 Å². The molecule has 0 aliphatic heterocycles. The number of carbonyl (C=O) groups is 3. The molecule has 0 atom stereocenters. The minimum atomic E-state index is -0.868. The second-order valence-electron chi connectivity index (χ2n) is 6.55. The smallest absolute Gasteiger partial charge is 0.412 e. The van der Waals surface area contributed by atoms with Gasteiger partial charge in [-0.2, -0.15) is 0 Å². The SMILES string of the molecule is CC(C)(C)OC(=O)Nc1c(C=O)ccc(Cl)c1F.Nc1c(C=O)ccc(Cl)c1F. The summed E-state index contributed by atoms with van der Waals surface area (Å²) in [6.45, 7) is 5.00. The van der Waals surface area contributed by atoms with Gasteiger partial charge in [-0.3, -0.25) is 14.9 Å². The van der Waals surface area contributed by atoms with Gasteiger partial charge in [-0.25, -0.2) is 13.6 Å². The molecular weight excluding hydrogens is 429 g/mol. The van der Waals surface area contributed by atoms with Crippen LogP contribution in [0.1, 0.15) is 41.5 Å². The number of benzene rings is 2. The third-order valence-electron chi connectivity index (χ3n) is 3.17. The number of hydrogen-bond donors (Lipinski definition) is 2. The lowest BCUT2D eigenvalue weighted by Crippen LogP contribution is -2.27. The molecule has 29 heavy (non-hydrogen) atoms. The van der Waals surface area contributed by atoms with Crippen LogP contribution in [0.2, 0.25) is 10.0 Å². The molecule has 0 bridgehead atoms. The maximum absolute atomic E-state index is 13.7. The monoisotopic (exact) mass is 446 g/mol. The quantitative estimate of drug-likeness (QED) is 0.478. The Bertz CT molecular complexity index is 931. The van der Waals surface area contributed by atoms with E-state index in [2.05, 4.69) is 5.32 Å². The summed E-state index contributed by atoms with van der Waals surface area (Å²) in [6.07, 6.45) is 0.0488. The molecule has 6 nitrogen and oxygen atoms in total. The minimum Gasteiger partial charge on any atom is -0.444 e. The predicted octanol–water partition coefficient (Wildman–Crippen LogP) is 5.51. The number of nitrogen functional groups attached to an aromatic ring is 1. The molecule has 0 unspecified atom stereocenters. The zero-order valence-corrected chi connectivity index (χ0v) is 17.2. The van der Waals surface area contributed by atoms with Crippen molar-refractivity contribution in [2.24, 2.45) is 0 Å². The highest BCUT2D eigenvalue weighted by molar-refractivity contribution is 6.31. The minimum absolute atomic E-state index is 0.0113. The van der Waals surface area contributed by atoms with E-state index in [-0.39, 0.29) is 32.5 Å². The average molecular weight is 447 g/mol. The third kappa shape index (κ3) is 6.99. The molecule has 2 aromatic carbocycles. The standard InChI is InChI=1S/C12H13ClFNO3.C7H5ClFNO/c1-12(2,3)18-11(17)15-10-7(6-16)4-5-8(13)9(10)14;8-5-2-1-4(3-11)7(10)6(5)9/h4-6H,1-3H3,(H,15,17);1-3H,10H2. The molecule has 1 amide bonds.